The van der Waals surface area contributed by atoms with Gasteiger partial charge in [0.25, 0.3) is 0 Å². The van der Waals surface area contributed by atoms with E-state index in [4.69, 9.17) is 0 Å². The molecule has 86 valence electrons. The van der Waals surface area contributed by atoms with E-state index in [-0.39, 0.29) is 16.9 Å². The summed E-state index contributed by atoms with van der Waals surface area (Å²) >= 11 is 0. The molecule has 0 spiro atoms. The predicted octanol–water partition coefficient (Wildman–Crippen LogP) is 1.28. The molecule has 0 saturated heterocycles. The topological polar surface area (TPSA) is 61.2 Å². The van der Waals surface area contributed by atoms with Gasteiger partial charge in [-0.3, -0.25) is 9.48 Å². The first-order valence-corrected chi connectivity index (χ1v) is 5.16. The first kappa shape index (κ1) is 10.9. The maximum absolute atomic E-state index is 12.0. The Labute approximate surface area is 93.4 Å². The minimum Gasteiger partial charge on any atom is -0.464 e. The lowest BCUT2D eigenvalue weighted by Gasteiger charge is -2.27. The molecule has 16 heavy (non-hydrogen) atoms. The molecular formula is C11H14N2O3. The Morgan fingerprint density at radius 1 is 1.56 bits per heavy atom. The van der Waals surface area contributed by atoms with Crippen LogP contribution in [0.5, 0.6) is 0 Å². The lowest BCUT2D eigenvalue weighted by atomic mass is 9.81. The van der Waals surface area contributed by atoms with E-state index < -0.39 is 5.97 Å². The number of methoxy groups -OCH3 is 1. The van der Waals surface area contributed by atoms with E-state index in [0.29, 0.717) is 12.2 Å². The van der Waals surface area contributed by atoms with Crippen LogP contribution in [0.1, 0.15) is 41.2 Å². The molecule has 0 aromatic carbocycles. The van der Waals surface area contributed by atoms with Gasteiger partial charge in [-0.15, -0.1) is 0 Å². The molecule has 1 aromatic heterocycles. The molecule has 5 nitrogen and oxygen atoms in total. The van der Waals surface area contributed by atoms with Crippen LogP contribution >= 0.6 is 0 Å². The lowest BCUT2D eigenvalue weighted by Crippen LogP contribution is -2.33. The van der Waals surface area contributed by atoms with Crippen LogP contribution in [0.25, 0.3) is 0 Å². The molecule has 1 aliphatic heterocycles. The quantitative estimate of drug-likeness (QED) is 0.671. The fourth-order valence-corrected chi connectivity index (χ4v) is 1.82. The number of esters is 1. The summed E-state index contributed by atoms with van der Waals surface area (Å²) < 4.78 is 6.16. The number of nitrogens with zero attached hydrogens (tertiary/aromatic N) is 2. The average Bonchev–Trinajstić information content (AvgIpc) is 2.67. The molecule has 1 aliphatic rings. The second-order valence-corrected chi connectivity index (χ2v) is 4.59. The molecule has 5 heteroatoms. The van der Waals surface area contributed by atoms with Gasteiger partial charge in [0.2, 0.25) is 0 Å². The molecule has 1 aromatic rings. The van der Waals surface area contributed by atoms with Crippen molar-refractivity contribution in [2.45, 2.75) is 26.8 Å². The summed E-state index contributed by atoms with van der Waals surface area (Å²) in [4.78, 5) is 23.3. The molecular weight excluding hydrogens is 208 g/mol. The number of carbonyl (C=O) groups is 2. The smallest absolute Gasteiger partial charge is 0.358 e. The number of ether oxygens (including phenoxy) is 1. The van der Waals surface area contributed by atoms with Crippen molar-refractivity contribution in [2.24, 2.45) is 5.41 Å². The van der Waals surface area contributed by atoms with E-state index in [1.54, 1.807) is 4.68 Å². The SMILES string of the molecule is COC(=O)c1cc2n(n1)CCC(C)(C)C2=O. The van der Waals surface area contributed by atoms with Gasteiger partial charge in [0, 0.05) is 18.0 Å². The second kappa shape index (κ2) is 3.43. The molecule has 2 heterocycles. The third kappa shape index (κ3) is 1.52. The summed E-state index contributed by atoms with van der Waals surface area (Å²) in [7, 11) is 1.30. The Hall–Kier alpha value is -1.65. The van der Waals surface area contributed by atoms with Gasteiger partial charge in [-0.25, -0.2) is 4.79 Å². The van der Waals surface area contributed by atoms with Gasteiger partial charge in [-0.1, -0.05) is 13.8 Å². The van der Waals surface area contributed by atoms with Crippen molar-refractivity contribution in [3.05, 3.63) is 17.5 Å². The van der Waals surface area contributed by atoms with Crippen LogP contribution in [0.2, 0.25) is 0 Å². The zero-order valence-electron chi connectivity index (χ0n) is 9.61. The number of carbonyl (C=O) groups excluding carboxylic acids is 2. The average molecular weight is 222 g/mol. The number of hydrogen-bond acceptors (Lipinski definition) is 4. The number of hydrogen-bond donors (Lipinski definition) is 0. The first-order chi connectivity index (χ1) is 7.45. The molecule has 0 N–H and O–H groups in total. The largest absolute Gasteiger partial charge is 0.464 e. The van der Waals surface area contributed by atoms with Gasteiger partial charge in [0.15, 0.2) is 11.5 Å². The molecule has 0 unspecified atom stereocenters. The van der Waals surface area contributed by atoms with Crippen LogP contribution < -0.4 is 0 Å². The standard InChI is InChI=1S/C11H14N2O3/c1-11(2)4-5-13-8(9(11)14)6-7(12-13)10(15)16-3/h6H,4-5H2,1-3H3. The Morgan fingerprint density at radius 2 is 2.25 bits per heavy atom. The molecule has 0 aliphatic carbocycles. The van der Waals surface area contributed by atoms with Gasteiger partial charge in [-0.05, 0) is 6.42 Å². The fraction of sp³-hybridized carbons (Fsp3) is 0.545. The molecule has 0 radical (unpaired) electrons. The molecule has 0 bridgehead atoms. The molecule has 0 saturated carbocycles. The zero-order chi connectivity index (χ0) is 11.9. The van der Waals surface area contributed by atoms with Gasteiger partial charge in [0.1, 0.15) is 5.69 Å². The second-order valence-electron chi connectivity index (χ2n) is 4.59. The van der Waals surface area contributed by atoms with Crippen LogP contribution in [-0.4, -0.2) is 28.6 Å². The number of Topliss-reactive ketones (excluding diaryl/α,β-unsaturated/α-hetero) is 1. The monoisotopic (exact) mass is 222 g/mol. The summed E-state index contributed by atoms with van der Waals surface area (Å²) in [6.45, 7) is 4.47. The Bertz CT molecular complexity index is 460. The van der Waals surface area contributed by atoms with Crippen molar-refractivity contribution in [1.29, 1.82) is 0 Å². The van der Waals surface area contributed by atoms with E-state index in [2.05, 4.69) is 9.84 Å². The molecule has 0 amide bonds. The van der Waals surface area contributed by atoms with E-state index in [9.17, 15) is 9.59 Å². The maximum atomic E-state index is 12.0. The predicted molar refractivity (Wildman–Crippen MR) is 56.3 cm³/mol. The van der Waals surface area contributed by atoms with Gasteiger partial charge in [-0.2, -0.15) is 5.10 Å². The number of fused-ring (bicyclic) bond motifs is 1. The Morgan fingerprint density at radius 3 is 2.88 bits per heavy atom. The summed E-state index contributed by atoms with van der Waals surface area (Å²) in [6, 6.07) is 1.51. The normalized spacial score (nSPS) is 18.1. The minimum absolute atomic E-state index is 0.0291. The van der Waals surface area contributed by atoms with Crippen molar-refractivity contribution in [1.82, 2.24) is 9.78 Å². The van der Waals surface area contributed by atoms with Crippen molar-refractivity contribution < 1.29 is 14.3 Å². The van der Waals surface area contributed by atoms with E-state index in [1.807, 2.05) is 13.8 Å². The number of ketones is 1. The highest BCUT2D eigenvalue weighted by Gasteiger charge is 2.36. The van der Waals surface area contributed by atoms with Crippen molar-refractivity contribution in [2.75, 3.05) is 7.11 Å². The maximum Gasteiger partial charge on any atom is 0.358 e. The van der Waals surface area contributed by atoms with Gasteiger partial charge < -0.3 is 4.74 Å². The molecule has 2 rings (SSSR count). The van der Waals surface area contributed by atoms with Gasteiger partial charge in [0.05, 0.1) is 7.11 Å². The zero-order valence-corrected chi connectivity index (χ0v) is 9.61. The van der Waals surface area contributed by atoms with Crippen LogP contribution in [-0.2, 0) is 11.3 Å². The lowest BCUT2D eigenvalue weighted by molar-refractivity contribution is 0.0592. The number of rotatable bonds is 1. The highest BCUT2D eigenvalue weighted by molar-refractivity contribution is 6.01. The third-order valence-corrected chi connectivity index (χ3v) is 2.97. The molecule has 0 atom stereocenters. The number of aromatic nitrogens is 2. The van der Waals surface area contributed by atoms with Crippen molar-refractivity contribution >= 4 is 11.8 Å². The van der Waals surface area contributed by atoms with Crippen molar-refractivity contribution in [3.8, 4) is 0 Å². The minimum atomic E-state index is -0.507. The van der Waals surface area contributed by atoms with Crippen molar-refractivity contribution in [3.63, 3.8) is 0 Å². The van der Waals surface area contributed by atoms with E-state index >= 15 is 0 Å². The highest BCUT2D eigenvalue weighted by Crippen LogP contribution is 2.31. The van der Waals surface area contributed by atoms with E-state index in [1.165, 1.54) is 13.2 Å². The van der Waals surface area contributed by atoms with E-state index in [0.717, 1.165) is 6.42 Å². The highest BCUT2D eigenvalue weighted by atomic mass is 16.5. The summed E-state index contributed by atoms with van der Waals surface area (Å²) in [5, 5.41) is 4.06. The summed E-state index contributed by atoms with van der Waals surface area (Å²) in [5.41, 5.74) is 0.323. The number of aryl methyl sites for hydroxylation is 1. The molecule has 0 fully saturated rings. The summed E-state index contributed by atoms with van der Waals surface area (Å²) in [6.07, 6.45) is 0.737. The van der Waals surface area contributed by atoms with Crippen LogP contribution in [0.3, 0.4) is 0 Å². The van der Waals surface area contributed by atoms with Crippen LogP contribution in [0.15, 0.2) is 6.07 Å². The fourth-order valence-electron chi connectivity index (χ4n) is 1.82. The third-order valence-electron chi connectivity index (χ3n) is 2.97. The Balaban J connectivity index is 2.43. The summed E-state index contributed by atoms with van der Waals surface area (Å²) in [5.74, 6) is -0.478. The van der Waals surface area contributed by atoms with Crippen LogP contribution in [0.4, 0.5) is 0 Å². The van der Waals surface area contributed by atoms with Crippen LogP contribution in [0, 0.1) is 5.41 Å². The van der Waals surface area contributed by atoms with Gasteiger partial charge >= 0.3 is 5.97 Å². The Kier molecular flexibility index (Phi) is 2.33. The first-order valence-electron chi connectivity index (χ1n) is 5.16.